The molecule has 2 bridgehead atoms. The topological polar surface area (TPSA) is 92.8 Å². The van der Waals surface area contributed by atoms with Gasteiger partial charge in [0, 0.05) is 22.0 Å². The summed E-state index contributed by atoms with van der Waals surface area (Å²) in [5.41, 5.74) is 4.82. The summed E-state index contributed by atoms with van der Waals surface area (Å²) in [6, 6.07) is 21.8. The molecule has 0 spiro atoms. The first kappa shape index (κ1) is 23.6. The van der Waals surface area contributed by atoms with E-state index >= 15 is 0 Å². The first-order valence-corrected chi connectivity index (χ1v) is 12.9. The van der Waals surface area contributed by atoms with Gasteiger partial charge in [0.2, 0.25) is 11.8 Å². The Bertz CT molecular complexity index is 1340. The molecule has 3 aromatic rings. The van der Waals surface area contributed by atoms with Crippen molar-refractivity contribution in [3.05, 3.63) is 99.5 Å². The molecule has 1 fully saturated rings. The van der Waals surface area contributed by atoms with Crippen LogP contribution in [0, 0.1) is 11.8 Å². The molecule has 7 rings (SSSR count). The standard InChI is InChI=1S/C29H23BrN2O5/c1-15(29(36)37-14-22(33)31-17-12-10-16(30)11-13-17)32-27(34)25-23-18-6-2-3-7-19(18)24(26(25)28(32)35)21-9-5-4-8-20(21)23/h2-13,15,23-26H,14H2,1H3,(H,31,33)/t15-,23?,24?,25-,26+/m0/s1. The molecule has 3 aliphatic carbocycles. The molecule has 3 atom stereocenters. The van der Waals surface area contributed by atoms with Crippen LogP contribution in [0.5, 0.6) is 0 Å². The van der Waals surface area contributed by atoms with Crippen molar-refractivity contribution in [3.8, 4) is 0 Å². The summed E-state index contributed by atoms with van der Waals surface area (Å²) < 4.78 is 6.08. The van der Waals surface area contributed by atoms with Gasteiger partial charge in [-0.2, -0.15) is 0 Å². The minimum absolute atomic E-state index is 0.247. The smallest absolute Gasteiger partial charge is 0.329 e. The molecule has 1 heterocycles. The van der Waals surface area contributed by atoms with E-state index < -0.39 is 36.4 Å². The Balaban J connectivity index is 1.21. The van der Waals surface area contributed by atoms with Gasteiger partial charge in [0.15, 0.2) is 6.61 Å². The van der Waals surface area contributed by atoms with Gasteiger partial charge in [-0.3, -0.25) is 19.3 Å². The lowest BCUT2D eigenvalue weighted by Gasteiger charge is -2.45. The zero-order valence-corrected chi connectivity index (χ0v) is 21.5. The Kier molecular flexibility index (Phi) is 5.71. The van der Waals surface area contributed by atoms with Gasteiger partial charge >= 0.3 is 5.97 Å². The van der Waals surface area contributed by atoms with Crippen molar-refractivity contribution in [1.29, 1.82) is 0 Å². The predicted molar refractivity (Wildman–Crippen MR) is 139 cm³/mol. The molecule has 3 amide bonds. The second-order valence-corrected chi connectivity index (χ2v) is 10.6. The second kappa shape index (κ2) is 8.95. The van der Waals surface area contributed by atoms with E-state index in [0.29, 0.717) is 5.69 Å². The summed E-state index contributed by atoms with van der Waals surface area (Å²) in [7, 11) is 0. The number of anilines is 1. The third kappa shape index (κ3) is 3.70. The number of halogens is 1. The normalized spacial score (nSPS) is 23.7. The third-order valence-electron chi connectivity index (χ3n) is 7.68. The number of carbonyl (C=O) groups is 4. The number of nitrogens with zero attached hydrogens (tertiary/aromatic N) is 1. The van der Waals surface area contributed by atoms with Crippen LogP contribution in [0.1, 0.15) is 41.0 Å². The van der Waals surface area contributed by atoms with Crippen LogP contribution in [0.15, 0.2) is 77.3 Å². The van der Waals surface area contributed by atoms with Gasteiger partial charge in [-0.1, -0.05) is 64.5 Å². The molecule has 1 N–H and O–H groups in total. The van der Waals surface area contributed by atoms with E-state index in [2.05, 4.69) is 21.2 Å². The van der Waals surface area contributed by atoms with Crippen molar-refractivity contribution in [2.24, 2.45) is 11.8 Å². The van der Waals surface area contributed by atoms with Gasteiger partial charge in [-0.15, -0.1) is 0 Å². The highest BCUT2D eigenvalue weighted by molar-refractivity contribution is 9.10. The van der Waals surface area contributed by atoms with Gasteiger partial charge < -0.3 is 10.1 Å². The van der Waals surface area contributed by atoms with E-state index in [1.807, 2.05) is 48.5 Å². The van der Waals surface area contributed by atoms with Crippen LogP contribution in [0.4, 0.5) is 5.69 Å². The molecule has 186 valence electrons. The van der Waals surface area contributed by atoms with Gasteiger partial charge in [-0.05, 0) is 53.4 Å². The summed E-state index contributed by atoms with van der Waals surface area (Å²) in [6.45, 7) is 0.953. The maximum atomic E-state index is 13.7. The average molecular weight is 559 g/mol. The lowest BCUT2D eigenvalue weighted by Crippen LogP contribution is -2.45. The quantitative estimate of drug-likeness (QED) is 0.374. The molecule has 0 radical (unpaired) electrons. The SMILES string of the molecule is C[C@@H](C(=O)OCC(=O)Nc1ccc(Br)cc1)N1C(=O)[C@@H]2C3c4ccccc4C(c4ccccc43)[C@@H]2C1=O. The molecule has 0 unspecified atom stereocenters. The highest BCUT2D eigenvalue weighted by Gasteiger charge is 2.62. The van der Waals surface area contributed by atoms with Crippen LogP contribution in [-0.4, -0.2) is 41.2 Å². The lowest BCUT2D eigenvalue weighted by molar-refractivity contribution is -0.159. The second-order valence-electron chi connectivity index (χ2n) is 9.65. The molecule has 8 heteroatoms. The lowest BCUT2D eigenvalue weighted by atomic mass is 9.55. The minimum Gasteiger partial charge on any atom is -0.454 e. The van der Waals surface area contributed by atoms with E-state index in [1.54, 1.807) is 24.3 Å². The van der Waals surface area contributed by atoms with Gasteiger partial charge in [0.1, 0.15) is 6.04 Å². The number of rotatable bonds is 5. The third-order valence-corrected chi connectivity index (χ3v) is 8.21. The Hall–Kier alpha value is -3.78. The number of benzene rings is 3. The number of ether oxygens (including phenoxy) is 1. The van der Waals surface area contributed by atoms with Crippen molar-refractivity contribution in [3.63, 3.8) is 0 Å². The van der Waals surface area contributed by atoms with Crippen LogP contribution >= 0.6 is 15.9 Å². The molecule has 7 nitrogen and oxygen atoms in total. The van der Waals surface area contributed by atoms with Crippen molar-refractivity contribution < 1.29 is 23.9 Å². The Morgan fingerprint density at radius 3 is 1.76 bits per heavy atom. The first-order valence-electron chi connectivity index (χ1n) is 12.1. The predicted octanol–water partition coefficient (Wildman–Crippen LogP) is 4.21. The van der Waals surface area contributed by atoms with Gasteiger partial charge in [0.25, 0.3) is 5.91 Å². The fraction of sp³-hybridized carbons (Fsp3) is 0.241. The summed E-state index contributed by atoms with van der Waals surface area (Å²) in [5, 5.41) is 2.65. The van der Waals surface area contributed by atoms with Crippen molar-refractivity contribution in [1.82, 2.24) is 4.90 Å². The highest BCUT2D eigenvalue weighted by Crippen LogP contribution is 2.61. The fourth-order valence-electron chi connectivity index (χ4n) is 6.18. The van der Waals surface area contributed by atoms with Crippen LogP contribution in [-0.2, 0) is 23.9 Å². The molecule has 1 aliphatic heterocycles. The van der Waals surface area contributed by atoms with E-state index in [-0.39, 0.29) is 23.7 Å². The molecular formula is C29H23BrN2O5. The summed E-state index contributed by atoms with van der Waals surface area (Å²) in [5.74, 6) is -3.67. The summed E-state index contributed by atoms with van der Waals surface area (Å²) >= 11 is 3.33. The van der Waals surface area contributed by atoms with Gasteiger partial charge in [0.05, 0.1) is 11.8 Å². The van der Waals surface area contributed by atoms with E-state index in [4.69, 9.17) is 4.74 Å². The zero-order chi connectivity index (χ0) is 25.8. The number of hydrogen-bond acceptors (Lipinski definition) is 5. The van der Waals surface area contributed by atoms with Crippen LogP contribution in [0.3, 0.4) is 0 Å². The first-order chi connectivity index (χ1) is 17.9. The Morgan fingerprint density at radius 1 is 0.838 bits per heavy atom. The zero-order valence-electron chi connectivity index (χ0n) is 19.9. The maximum Gasteiger partial charge on any atom is 0.329 e. The van der Waals surface area contributed by atoms with Crippen molar-refractivity contribution in [2.75, 3.05) is 11.9 Å². The monoisotopic (exact) mass is 558 g/mol. The average Bonchev–Trinajstić information content (AvgIpc) is 3.18. The van der Waals surface area contributed by atoms with Crippen molar-refractivity contribution in [2.45, 2.75) is 24.8 Å². The van der Waals surface area contributed by atoms with Crippen LogP contribution < -0.4 is 5.32 Å². The summed E-state index contributed by atoms with van der Waals surface area (Å²) in [6.07, 6.45) is 0. The Labute approximate surface area is 221 Å². The molecular weight excluding hydrogens is 536 g/mol. The van der Waals surface area contributed by atoms with Crippen LogP contribution in [0.2, 0.25) is 0 Å². The summed E-state index contributed by atoms with van der Waals surface area (Å²) in [4.78, 5) is 53.7. The fourth-order valence-corrected chi connectivity index (χ4v) is 6.44. The number of likely N-dealkylation sites (tertiary alicyclic amines) is 1. The molecule has 37 heavy (non-hydrogen) atoms. The number of hydrogen-bond donors (Lipinski definition) is 1. The molecule has 0 saturated carbocycles. The minimum atomic E-state index is -1.14. The van der Waals surface area contributed by atoms with E-state index in [1.165, 1.54) is 6.92 Å². The molecule has 3 aromatic carbocycles. The van der Waals surface area contributed by atoms with E-state index in [0.717, 1.165) is 31.6 Å². The maximum absolute atomic E-state index is 13.7. The molecule has 1 saturated heterocycles. The Morgan fingerprint density at radius 2 is 1.30 bits per heavy atom. The van der Waals surface area contributed by atoms with Gasteiger partial charge in [-0.25, -0.2) is 4.79 Å². The molecule has 4 aliphatic rings. The largest absolute Gasteiger partial charge is 0.454 e. The van der Waals surface area contributed by atoms with Crippen molar-refractivity contribution >= 4 is 45.3 Å². The number of esters is 1. The highest BCUT2D eigenvalue weighted by atomic mass is 79.9. The number of nitrogens with one attached hydrogen (secondary N) is 1. The number of amides is 3. The number of imide groups is 1. The van der Waals surface area contributed by atoms with E-state index in [9.17, 15) is 19.2 Å². The van der Waals surface area contributed by atoms with Crippen LogP contribution in [0.25, 0.3) is 0 Å². The molecule has 0 aromatic heterocycles. The number of carbonyl (C=O) groups excluding carboxylic acids is 4.